The number of halogens is 2. The Morgan fingerprint density at radius 3 is 0.912 bits per heavy atom. The molecule has 0 amide bonds. The van der Waals surface area contributed by atoms with Crippen molar-refractivity contribution in [2.45, 2.75) is 0 Å². The van der Waals surface area contributed by atoms with Crippen molar-refractivity contribution in [2.75, 3.05) is 0 Å². The van der Waals surface area contributed by atoms with Gasteiger partial charge in [-0.05, 0) is 144 Å². The Balaban J connectivity index is 0.000000147. The van der Waals surface area contributed by atoms with Crippen LogP contribution in [0.15, 0.2) is 352 Å². The lowest BCUT2D eigenvalue weighted by atomic mass is 9.89. The second-order valence-corrected chi connectivity index (χ2v) is 28.3. The molecule has 0 saturated carbocycles. The van der Waals surface area contributed by atoms with Crippen LogP contribution in [0.4, 0.5) is 8.78 Å². The van der Waals surface area contributed by atoms with E-state index in [1.807, 2.05) is 158 Å². The van der Waals surface area contributed by atoms with Gasteiger partial charge in [-0.3, -0.25) is 0 Å². The van der Waals surface area contributed by atoms with Crippen LogP contribution in [-0.2, 0) is 4.57 Å². The molecule has 0 spiro atoms. The molecule has 6 nitrogen and oxygen atoms in total. The van der Waals surface area contributed by atoms with Gasteiger partial charge in [0, 0.05) is 76.0 Å². The Kier molecular flexibility index (Phi) is 15.5. The van der Waals surface area contributed by atoms with E-state index < -0.39 is 7.14 Å². The van der Waals surface area contributed by atoms with E-state index in [-0.39, 0.29) is 11.6 Å². The van der Waals surface area contributed by atoms with Gasteiger partial charge in [-0.2, -0.15) is 0 Å². The topological polar surface area (TPSA) is 81.5 Å². The molecule has 19 rings (SSSR count). The maximum atomic E-state index is 15.0. The normalized spacial score (nSPS) is 11.7. The minimum Gasteiger partial charge on any atom is -0.309 e. The molecule has 9 heteroatoms. The van der Waals surface area contributed by atoms with Gasteiger partial charge >= 0.3 is 0 Å². The fraction of sp³-hybridized carbons (Fsp3) is 0. The molecule has 0 aliphatic carbocycles. The van der Waals surface area contributed by atoms with E-state index in [0.717, 1.165) is 153 Å². The van der Waals surface area contributed by atoms with Gasteiger partial charge in [-0.1, -0.05) is 273 Å². The zero-order chi connectivity index (χ0) is 68.3. The molecule has 0 radical (unpaired) electrons. The third-order valence-corrected chi connectivity index (χ3v) is 22.6. The van der Waals surface area contributed by atoms with Gasteiger partial charge in [0.15, 0.2) is 24.6 Å². The van der Waals surface area contributed by atoms with Crippen molar-refractivity contribution in [2.24, 2.45) is 0 Å². The van der Waals surface area contributed by atoms with Crippen molar-refractivity contribution in [1.29, 1.82) is 0 Å². The second-order valence-electron chi connectivity index (χ2n) is 25.5. The van der Waals surface area contributed by atoms with Crippen LogP contribution in [0.5, 0.6) is 0 Å². The summed E-state index contributed by atoms with van der Waals surface area (Å²) >= 11 is 0. The lowest BCUT2D eigenvalue weighted by Gasteiger charge is -2.20. The van der Waals surface area contributed by atoms with E-state index in [9.17, 15) is 13.3 Å². The molecular weight excluding hydrogens is 1270 g/mol. The summed E-state index contributed by atoms with van der Waals surface area (Å²) in [5.74, 6) is 1.31. The van der Waals surface area contributed by atoms with Crippen LogP contribution in [0.1, 0.15) is 0 Å². The zero-order valence-electron chi connectivity index (χ0n) is 54.8. The largest absolute Gasteiger partial charge is 0.309 e. The Morgan fingerprint density at radius 2 is 0.500 bits per heavy atom. The number of pyridine rings is 2. The Labute approximate surface area is 586 Å². The number of rotatable bonds is 10. The standard InChI is InChI=1S/C48H29FN4.C45H29FNOP/c49-36-25-22-30(23-26-36)45-44-40-21-10-8-19-38(40)37-18-7-9-20-39(37)43(44)41-29-34(24-27-42(41)50-45)33-16-11-17-35(28-33)48-52-46(31-12-3-1-4-13-31)51-47(53-48)32-14-5-2-6-15-32;46-33-24-19-31(20-25-33)45-44-40-18-10-8-16-38(40)37-15-7-9-17-39(37)43(44)41-29-32(23-28-42(41)47-45)30-21-26-36(27-22-30)49(48,34-11-3-1-4-12-34)35-13-5-2-6-14-35/h1-29H;1-29H. The number of hydrogen-bond acceptors (Lipinski definition) is 6. The second kappa shape index (κ2) is 25.7. The average molecular weight is 1330 g/mol. The summed E-state index contributed by atoms with van der Waals surface area (Å²) in [6.45, 7) is 0. The van der Waals surface area contributed by atoms with Gasteiger partial charge < -0.3 is 4.57 Å². The fourth-order valence-corrected chi connectivity index (χ4v) is 17.4. The minimum absolute atomic E-state index is 0.272. The van der Waals surface area contributed by atoms with Crippen LogP contribution in [0.25, 0.3) is 165 Å². The minimum atomic E-state index is -3.08. The molecule has 19 aromatic rings. The number of benzene rings is 16. The van der Waals surface area contributed by atoms with Crippen molar-refractivity contribution in [3.8, 4) is 78.9 Å². The van der Waals surface area contributed by atoms with Crippen LogP contribution in [0.3, 0.4) is 0 Å². The highest BCUT2D eigenvalue weighted by Gasteiger charge is 2.30. The third-order valence-electron chi connectivity index (χ3n) is 19.5. The van der Waals surface area contributed by atoms with E-state index in [4.69, 9.17) is 24.9 Å². The summed E-state index contributed by atoms with van der Waals surface area (Å²) in [6.07, 6.45) is 0. The molecule has 0 N–H and O–H groups in total. The number of hydrogen-bond donors (Lipinski definition) is 0. The van der Waals surface area contributed by atoms with E-state index in [0.29, 0.717) is 17.5 Å². The van der Waals surface area contributed by atoms with Gasteiger partial charge in [0.1, 0.15) is 11.6 Å². The Hall–Kier alpha value is -13.0. The van der Waals surface area contributed by atoms with E-state index in [2.05, 4.69) is 170 Å². The third kappa shape index (κ3) is 10.9. The summed E-state index contributed by atoms with van der Waals surface area (Å²) in [6, 6.07) is 116. The van der Waals surface area contributed by atoms with E-state index in [1.165, 1.54) is 35.0 Å². The highest BCUT2D eigenvalue weighted by atomic mass is 31.2. The van der Waals surface area contributed by atoms with Crippen molar-refractivity contribution in [3.63, 3.8) is 0 Å². The molecular formula is C93H58F2N5OP. The van der Waals surface area contributed by atoms with Gasteiger partial charge in [0.2, 0.25) is 0 Å². The maximum absolute atomic E-state index is 15.0. The van der Waals surface area contributed by atoms with Crippen LogP contribution >= 0.6 is 7.14 Å². The first-order chi connectivity index (χ1) is 50.3. The van der Waals surface area contributed by atoms with E-state index in [1.54, 1.807) is 0 Å². The molecule has 0 aliphatic rings. The molecule has 3 aromatic heterocycles. The molecule has 480 valence electrons. The van der Waals surface area contributed by atoms with Crippen LogP contribution in [0.2, 0.25) is 0 Å². The molecule has 102 heavy (non-hydrogen) atoms. The van der Waals surface area contributed by atoms with E-state index >= 15 is 0 Å². The highest BCUT2D eigenvalue weighted by molar-refractivity contribution is 7.85. The molecule has 0 bridgehead atoms. The first-order valence-corrected chi connectivity index (χ1v) is 35.6. The Bertz CT molecular complexity index is 6420. The van der Waals surface area contributed by atoms with Crippen LogP contribution < -0.4 is 15.9 Å². The molecule has 16 aromatic carbocycles. The monoisotopic (exact) mass is 1330 g/mol. The average Bonchev–Trinajstić information content (AvgIpc) is 0.723. The molecule has 3 heterocycles. The van der Waals surface area contributed by atoms with Crippen molar-refractivity contribution >= 4 is 109 Å². The lowest BCUT2D eigenvalue weighted by molar-refractivity contribution is 0.592. The number of aromatic nitrogens is 5. The quantitative estimate of drug-likeness (QED) is 0.100. The summed E-state index contributed by atoms with van der Waals surface area (Å²) in [7, 11) is -3.08. The SMILES string of the molecule is Fc1ccc(-c2nc3ccc(-c4cccc(-c5nc(-c6ccccc6)nc(-c6ccccc6)n5)c4)cc3c3c4ccccc4c4ccccc4c23)cc1.O=P(c1ccccc1)(c1ccccc1)c1ccc(-c2ccc3nc(-c4ccc(F)cc4)c4c5ccccc5c5ccccc5c4c3c2)cc1. The molecule has 0 aliphatic heterocycles. The summed E-state index contributed by atoms with van der Waals surface area (Å²) < 4.78 is 43.2. The summed E-state index contributed by atoms with van der Waals surface area (Å²) in [5, 5.41) is 18.0. The predicted molar refractivity (Wildman–Crippen MR) is 419 cm³/mol. The smallest absolute Gasteiger partial charge is 0.171 e. The molecule has 0 fully saturated rings. The molecule has 0 unspecified atom stereocenters. The number of nitrogens with zero attached hydrogens (tertiary/aromatic N) is 5. The first kappa shape index (κ1) is 61.3. The predicted octanol–water partition coefficient (Wildman–Crippen LogP) is 23.2. The van der Waals surface area contributed by atoms with Crippen molar-refractivity contribution < 1.29 is 13.3 Å². The van der Waals surface area contributed by atoms with Gasteiger partial charge in [0.05, 0.1) is 22.4 Å². The van der Waals surface area contributed by atoms with Crippen molar-refractivity contribution in [1.82, 2.24) is 24.9 Å². The summed E-state index contributed by atoms with van der Waals surface area (Å²) in [5.41, 5.74) is 12.1. The lowest BCUT2D eigenvalue weighted by Crippen LogP contribution is -2.24. The number of fused-ring (bicyclic) bond motifs is 16. The van der Waals surface area contributed by atoms with Gasteiger partial charge in [-0.25, -0.2) is 33.7 Å². The first-order valence-electron chi connectivity index (χ1n) is 33.9. The van der Waals surface area contributed by atoms with Gasteiger partial charge in [-0.15, -0.1) is 0 Å². The van der Waals surface area contributed by atoms with Crippen molar-refractivity contribution in [3.05, 3.63) is 363 Å². The van der Waals surface area contributed by atoms with Gasteiger partial charge in [0.25, 0.3) is 0 Å². The molecule has 0 atom stereocenters. The fourth-order valence-electron chi connectivity index (χ4n) is 14.7. The van der Waals surface area contributed by atoms with Crippen LogP contribution in [0, 0.1) is 11.6 Å². The maximum Gasteiger partial charge on any atom is 0.171 e. The highest BCUT2D eigenvalue weighted by Crippen LogP contribution is 2.47. The summed E-state index contributed by atoms with van der Waals surface area (Å²) in [4.78, 5) is 25.4. The zero-order valence-corrected chi connectivity index (χ0v) is 55.7. The Morgan fingerprint density at radius 1 is 0.206 bits per heavy atom. The molecule has 0 saturated heterocycles. The van der Waals surface area contributed by atoms with Crippen LogP contribution in [-0.4, -0.2) is 24.9 Å².